The first-order chi connectivity index (χ1) is 16.1. The second kappa shape index (κ2) is 9.35. The van der Waals surface area contributed by atoms with Crippen molar-refractivity contribution in [2.45, 2.75) is 36.2 Å². The van der Waals surface area contributed by atoms with Crippen LogP contribution in [0.3, 0.4) is 0 Å². The Morgan fingerprint density at radius 2 is 1.91 bits per heavy atom. The Kier molecular flexibility index (Phi) is 6.65. The van der Waals surface area contributed by atoms with Crippen LogP contribution >= 0.6 is 11.6 Å². The summed E-state index contributed by atoms with van der Waals surface area (Å²) in [5.41, 5.74) is 0.241. The van der Waals surface area contributed by atoms with Gasteiger partial charge in [0, 0.05) is 42.1 Å². The lowest BCUT2D eigenvalue weighted by Crippen LogP contribution is -2.49. The van der Waals surface area contributed by atoms with Crippen LogP contribution in [0.25, 0.3) is 11.4 Å². The molecule has 1 aliphatic heterocycles. The molecule has 1 aromatic heterocycles. The van der Waals surface area contributed by atoms with Crippen LogP contribution in [0, 0.1) is 5.82 Å². The standard InChI is InChI=1S/C21H19ClF3N5O3S/c22-15-3-5-16(6-4-15)34(32,33)30(18-10-21(24,25)7-8-26-20(18)31)11-14-2-1-13(9-17(14)23)19-27-12-28-29-19/h1-6,9,12,18H,7-8,10-11H2,(H,26,31)(H,27,28,29). The Labute approximate surface area is 198 Å². The van der Waals surface area contributed by atoms with Gasteiger partial charge < -0.3 is 5.32 Å². The average molecular weight is 514 g/mol. The molecule has 1 amide bonds. The molecule has 0 bridgehead atoms. The van der Waals surface area contributed by atoms with Gasteiger partial charge in [-0.25, -0.2) is 26.6 Å². The van der Waals surface area contributed by atoms with Crippen LogP contribution in [-0.4, -0.2) is 52.3 Å². The summed E-state index contributed by atoms with van der Waals surface area (Å²) in [5, 5.41) is 8.87. The first-order valence-corrected chi connectivity index (χ1v) is 12.0. The molecule has 3 aromatic rings. The number of nitrogens with one attached hydrogen (secondary N) is 2. The molecule has 1 saturated heterocycles. The number of amides is 1. The summed E-state index contributed by atoms with van der Waals surface area (Å²) in [6, 6.07) is 7.18. The summed E-state index contributed by atoms with van der Waals surface area (Å²) in [4.78, 5) is 16.3. The van der Waals surface area contributed by atoms with Crippen LogP contribution < -0.4 is 5.32 Å². The summed E-state index contributed by atoms with van der Waals surface area (Å²) in [6.07, 6.45) is -0.430. The highest BCUT2D eigenvalue weighted by Gasteiger charge is 2.45. The smallest absolute Gasteiger partial charge is 0.251 e. The molecule has 2 N–H and O–H groups in total. The van der Waals surface area contributed by atoms with Crippen molar-refractivity contribution in [3.8, 4) is 11.4 Å². The number of rotatable bonds is 6. The van der Waals surface area contributed by atoms with E-state index in [0.717, 1.165) is 6.07 Å². The largest absolute Gasteiger partial charge is 0.354 e. The van der Waals surface area contributed by atoms with Gasteiger partial charge in [0.2, 0.25) is 15.9 Å². The van der Waals surface area contributed by atoms with E-state index in [0.29, 0.717) is 15.7 Å². The zero-order chi connectivity index (χ0) is 24.5. The molecule has 34 heavy (non-hydrogen) atoms. The molecule has 0 radical (unpaired) electrons. The van der Waals surface area contributed by atoms with Crippen molar-refractivity contribution in [2.24, 2.45) is 0 Å². The molecule has 13 heteroatoms. The lowest BCUT2D eigenvalue weighted by molar-refractivity contribution is -0.126. The number of aromatic nitrogens is 3. The van der Waals surface area contributed by atoms with Crippen molar-refractivity contribution >= 4 is 27.5 Å². The normalized spacial score (nSPS) is 18.5. The van der Waals surface area contributed by atoms with Crippen molar-refractivity contribution < 1.29 is 26.4 Å². The third-order valence-corrected chi connectivity index (χ3v) is 7.54. The van der Waals surface area contributed by atoms with Gasteiger partial charge in [0.15, 0.2) is 5.82 Å². The van der Waals surface area contributed by atoms with E-state index in [1.54, 1.807) is 0 Å². The van der Waals surface area contributed by atoms with Crippen molar-refractivity contribution in [2.75, 3.05) is 6.54 Å². The highest BCUT2D eigenvalue weighted by Crippen LogP contribution is 2.33. The topological polar surface area (TPSA) is 108 Å². The lowest BCUT2D eigenvalue weighted by Gasteiger charge is -2.30. The molecule has 1 atom stereocenters. The quantitative estimate of drug-likeness (QED) is 0.525. The van der Waals surface area contributed by atoms with Crippen molar-refractivity contribution in [3.63, 3.8) is 0 Å². The molecule has 4 rings (SSSR count). The van der Waals surface area contributed by atoms with E-state index in [9.17, 15) is 26.4 Å². The van der Waals surface area contributed by atoms with E-state index >= 15 is 0 Å². The number of alkyl halides is 2. The maximum absolute atomic E-state index is 15.0. The van der Waals surface area contributed by atoms with E-state index in [1.807, 2.05) is 0 Å². The van der Waals surface area contributed by atoms with Gasteiger partial charge >= 0.3 is 0 Å². The van der Waals surface area contributed by atoms with Crippen LogP contribution in [0.5, 0.6) is 0 Å². The molecule has 1 aliphatic rings. The van der Waals surface area contributed by atoms with E-state index in [2.05, 4.69) is 20.5 Å². The third-order valence-electron chi connectivity index (χ3n) is 5.42. The molecule has 1 fully saturated rings. The molecule has 180 valence electrons. The minimum atomic E-state index is -4.50. The monoisotopic (exact) mass is 513 g/mol. The number of hydrogen-bond acceptors (Lipinski definition) is 5. The fourth-order valence-electron chi connectivity index (χ4n) is 3.64. The van der Waals surface area contributed by atoms with Gasteiger partial charge in [0.05, 0.1) is 4.90 Å². The Morgan fingerprint density at radius 3 is 2.56 bits per heavy atom. The molecule has 8 nitrogen and oxygen atoms in total. The maximum Gasteiger partial charge on any atom is 0.251 e. The van der Waals surface area contributed by atoms with Crippen LogP contribution in [0.15, 0.2) is 53.7 Å². The minimum Gasteiger partial charge on any atom is -0.354 e. The van der Waals surface area contributed by atoms with Crippen LogP contribution in [0.4, 0.5) is 13.2 Å². The lowest BCUT2D eigenvalue weighted by atomic mass is 10.1. The summed E-state index contributed by atoms with van der Waals surface area (Å²) >= 11 is 5.85. The van der Waals surface area contributed by atoms with Gasteiger partial charge in [-0.3, -0.25) is 9.89 Å². The SMILES string of the molecule is O=C1NCCC(F)(F)CC1N(Cc1ccc(-c2ncn[nH]2)cc1F)S(=O)(=O)c1ccc(Cl)cc1. The number of nitrogens with zero attached hydrogens (tertiary/aromatic N) is 3. The van der Waals surface area contributed by atoms with Gasteiger partial charge in [-0.15, -0.1) is 0 Å². The van der Waals surface area contributed by atoms with Gasteiger partial charge in [-0.05, 0) is 30.3 Å². The maximum atomic E-state index is 15.0. The number of halogens is 4. The Bertz CT molecular complexity index is 1290. The van der Waals surface area contributed by atoms with E-state index < -0.39 is 53.1 Å². The first-order valence-electron chi connectivity index (χ1n) is 10.1. The minimum absolute atomic E-state index is 0.110. The van der Waals surface area contributed by atoms with E-state index in [1.165, 1.54) is 42.7 Å². The number of hydrogen-bond donors (Lipinski definition) is 2. The fraction of sp³-hybridized carbons (Fsp3) is 0.286. The van der Waals surface area contributed by atoms with Gasteiger partial charge in [-0.1, -0.05) is 23.7 Å². The number of carbonyl (C=O) groups excluding carboxylic acids is 1. The van der Waals surface area contributed by atoms with E-state index in [4.69, 9.17) is 11.6 Å². The predicted molar refractivity (Wildman–Crippen MR) is 117 cm³/mol. The molecular weight excluding hydrogens is 495 g/mol. The fourth-order valence-corrected chi connectivity index (χ4v) is 5.33. The Morgan fingerprint density at radius 1 is 1.18 bits per heavy atom. The zero-order valence-corrected chi connectivity index (χ0v) is 19.1. The Balaban J connectivity index is 1.76. The summed E-state index contributed by atoms with van der Waals surface area (Å²) in [5.74, 6) is -4.69. The molecule has 0 aliphatic carbocycles. The number of H-pyrrole nitrogens is 1. The summed E-state index contributed by atoms with van der Waals surface area (Å²) in [6.45, 7) is -0.959. The van der Waals surface area contributed by atoms with Crippen molar-refractivity contribution in [3.05, 3.63) is 65.2 Å². The number of benzene rings is 2. The molecule has 0 saturated carbocycles. The Hall–Kier alpha value is -2.96. The van der Waals surface area contributed by atoms with E-state index in [-0.39, 0.29) is 22.0 Å². The van der Waals surface area contributed by atoms with Gasteiger partial charge in [-0.2, -0.15) is 9.40 Å². The molecule has 1 unspecified atom stereocenters. The number of sulfonamides is 1. The molecule has 2 aromatic carbocycles. The number of carbonyl (C=O) groups is 1. The van der Waals surface area contributed by atoms with Crippen LogP contribution in [-0.2, 0) is 21.4 Å². The van der Waals surface area contributed by atoms with Gasteiger partial charge in [0.25, 0.3) is 5.92 Å². The summed E-state index contributed by atoms with van der Waals surface area (Å²) in [7, 11) is -4.50. The van der Waals surface area contributed by atoms with Gasteiger partial charge in [0.1, 0.15) is 18.2 Å². The average Bonchev–Trinajstić information content (AvgIpc) is 3.27. The van der Waals surface area contributed by atoms with Crippen molar-refractivity contribution in [1.82, 2.24) is 24.8 Å². The number of aromatic amines is 1. The van der Waals surface area contributed by atoms with Crippen LogP contribution in [0.2, 0.25) is 5.02 Å². The van der Waals surface area contributed by atoms with Crippen LogP contribution in [0.1, 0.15) is 18.4 Å². The molecular formula is C21H19ClF3N5O3S. The highest BCUT2D eigenvalue weighted by molar-refractivity contribution is 7.89. The summed E-state index contributed by atoms with van der Waals surface area (Å²) < 4.78 is 71.4. The molecule has 2 heterocycles. The van der Waals surface area contributed by atoms with Crippen molar-refractivity contribution in [1.29, 1.82) is 0 Å². The predicted octanol–water partition coefficient (Wildman–Crippen LogP) is 3.37. The second-order valence-electron chi connectivity index (χ2n) is 7.76. The molecule has 0 spiro atoms. The zero-order valence-electron chi connectivity index (χ0n) is 17.5. The first kappa shape index (κ1) is 24.2. The second-order valence-corrected chi connectivity index (χ2v) is 10.1. The third kappa shape index (κ3) is 5.08. The highest BCUT2D eigenvalue weighted by atomic mass is 35.5.